The number of benzene rings is 2. The second-order valence-electron chi connectivity index (χ2n) is 5.42. The average Bonchev–Trinajstić information content (AvgIpc) is 3.05. The summed E-state index contributed by atoms with van der Waals surface area (Å²) in [4.78, 5) is 14.3. The van der Waals surface area contributed by atoms with Crippen LogP contribution in [0, 0.1) is 0 Å². The van der Waals surface area contributed by atoms with E-state index >= 15 is 0 Å². The van der Waals surface area contributed by atoms with Gasteiger partial charge in [0, 0.05) is 6.42 Å². The van der Waals surface area contributed by atoms with Crippen LogP contribution in [0.15, 0.2) is 53.4 Å². The predicted octanol–water partition coefficient (Wildman–Crippen LogP) is 1.40. The lowest BCUT2D eigenvalue weighted by atomic mass is 10.1. The first-order valence-electron chi connectivity index (χ1n) is 7.78. The maximum absolute atomic E-state index is 12.2. The summed E-state index contributed by atoms with van der Waals surface area (Å²) in [5.74, 6) is 0.658. The van der Waals surface area contributed by atoms with Gasteiger partial charge in [-0.2, -0.15) is 0 Å². The maximum Gasteiger partial charge on any atom is 0.276 e. The fourth-order valence-electron chi connectivity index (χ4n) is 2.47. The molecule has 0 saturated carbocycles. The molecule has 1 atom stereocenters. The van der Waals surface area contributed by atoms with Gasteiger partial charge in [-0.1, -0.05) is 18.2 Å². The Morgan fingerprint density at radius 1 is 1.20 bits per heavy atom. The van der Waals surface area contributed by atoms with Crippen molar-refractivity contribution in [2.75, 3.05) is 6.61 Å². The van der Waals surface area contributed by atoms with Gasteiger partial charge >= 0.3 is 0 Å². The van der Waals surface area contributed by atoms with Gasteiger partial charge < -0.3 is 9.47 Å². The predicted molar refractivity (Wildman–Crippen MR) is 90.6 cm³/mol. The molecule has 0 radical (unpaired) electrons. The molecule has 132 valence electrons. The minimum Gasteiger partial charge on any atom is -0.494 e. The lowest BCUT2D eigenvalue weighted by molar-refractivity contribution is -0.127. The summed E-state index contributed by atoms with van der Waals surface area (Å²) >= 11 is 0. The van der Waals surface area contributed by atoms with Crippen molar-refractivity contribution in [2.45, 2.75) is 24.3 Å². The number of amides is 1. The summed E-state index contributed by atoms with van der Waals surface area (Å²) in [6.07, 6.45) is -0.368. The molecular formula is C17H18N2O5S. The van der Waals surface area contributed by atoms with Gasteiger partial charge in [0.15, 0.2) is 6.10 Å². The Labute approximate surface area is 146 Å². The minimum absolute atomic E-state index is 0.0203. The number of fused-ring (bicyclic) bond motifs is 1. The Morgan fingerprint density at radius 3 is 2.60 bits per heavy atom. The SMILES string of the molecule is CCOc1ccc(S(=O)(=O)NNC(=O)[C@@H]2Cc3ccccc3O2)cc1. The summed E-state index contributed by atoms with van der Waals surface area (Å²) in [5, 5.41) is 0. The monoisotopic (exact) mass is 362 g/mol. The Hall–Kier alpha value is -2.58. The smallest absolute Gasteiger partial charge is 0.276 e. The van der Waals surface area contributed by atoms with Gasteiger partial charge in [0.25, 0.3) is 15.9 Å². The summed E-state index contributed by atoms with van der Waals surface area (Å²) in [7, 11) is -3.88. The largest absolute Gasteiger partial charge is 0.494 e. The number of carbonyl (C=O) groups excluding carboxylic acids is 1. The van der Waals surface area contributed by atoms with E-state index in [2.05, 4.69) is 10.3 Å². The number of hydrazine groups is 1. The van der Waals surface area contributed by atoms with E-state index in [1.165, 1.54) is 12.1 Å². The van der Waals surface area contributed by atoms with Crippen molar-refractivity contribution in [2.24, 2.45) is 0 Å². The molecule has 1 amide bonds. The Morgan fingerprint density at radius 2 is 1.92 bits per heavy atom. The zero-order valence-corrected chi connectivity index (χ0v) is 14.4. The second-order valence-corrected chi connectivity index (χ2v) is 7.10. The average molecular weight is 362 g/mol. The van der Waals surface area contributed by atoms with Crippen molar-refractivity contribution in [3.05, 3.63) is 54.1 Å². The lowest BCUT2D eigenvalue weighted by Crippen LogP contribution is -2.47. The molecule has 7 nitrogen and oxygen atoms in total. The molecule has 0 bridgehead atoms. The zero-order chi connectivity index (χ0) is 17.9. The number of hydrogen-bond acceptors (Lipinski definition) is 5. The topological polar surface area (TPSA) is 93.7 Å². The van der Waals surface area contributed by atoms with Gasteiger partial charge in [0.1, 0.15) is 11.5 Å². The Kier molecular flexibility index (Phi) is 4.91. The molecule has 0 aromatic heterocycles. The molecule has 3 rings (SSSR count). The molecule has 1 aliphatic rings. The normalized spacial score (nSPS) is 16.0. The molecule has 0 unspecified atom stereocenters. The molecule has 1 aliphatic heterocycles. The van der Waals surface area contributed by atoms with Crippen LogP contribution in [0.3, 0.4) is 0 Å². The number of rotatable bonds is 6. The Balaban J connectivity index is 1.60. The van der Waals surface area contributed by atoms with Crippen LogP contribution in [-0.2, 0) is 21.2 Å². The first-order valence-corrected chi connectivity index (χ1v) is 9.27. The van der Waals surface area contributed by atoms with Gasteiger partial charge in [0.05, 0.1) is 11.5 Å². The highest BCUT2D eigenvalue weighted by atomic mass is 32.2. The van der Waals surface area contributed by atoms with Gasteiger partial charge in [0.2, 0.25) is 0 Å². The van der Waals surface area contributed by atoms with Crippen LogP contribution in [0.2, 0.25) is 0 Å². The number of carbonyl (C=O) groups is 1. The first kappa shape index (κ1) is 17.2. The van der Waals surface area contributed by atoms with E-state index < -0.39 is 22.0 Å². The second kappa shape index (κ2) is 7.12. The fourth-order valence-corrected chi connectivity index (χ4v) is 3.31. The molecule has 2 aromatic carbocycles. The highest BCUT2D eigenvalue weighted by molar-refractivity contribution is 7.89. The van der Waals surface area contributed by atoms with Crippen LogP contribution in [0.25, 0.3) is 0 Å². The van der Waals surface area contributed by atoms with Crippen LogP contribution in [0.5, 0.6) is 11.5 Å². The van der Waals surface area contributed by atoms with Crippen LogP contribution < -0.4 is 19.7 Å². The van der Waals surface area contributed by atoms with E-state index in [9.17, 15) is 13.2 Å². The van der Waals surface area contributed by atoms with E-state index in [4.69, 9.17) is 9.47 Å². The molecule has 2 N–H and O–H groups in total. The third kappa shape index (κ3) is 3.92. The van der Waals surface area contributed by atoms with E-state index in [1.54, 1.807) is 18.2 Å². The number of sulfonamides is 1. The highest BCUT2D eigenvalue weighted by Gasteiger charge is 2.29. The van der Waals surface area contributed by atoms with Crippen LogP contribution in [0.1, 0.15) is 12.5 Å². The molecule has 2 aromatic rings. The quantitative estimate of drug-likeness (QED) is 0.758. The van der Waals surface area contributed by atoms with Crippen molar-refractivity contribution < 1.29 is 22.7 Å². The third-order valence-electron chi connectivity index (χ3n) is 3.69. The first-order chi connectivity index (χ1) is 12.0. The van der Waals surface area contributed by atoms with Crippen LogP contribution in [0.4, 0.5) is 0 Å². The molecule has 25 heavy (non-hydrogen) atoms. The van der Waals surface area contributed by atoms with Crippen LogP contribution in [-0.4, -0.2) is 27.0 Å². The number of ether oxygens (including phenoxy) is 2. The molecular weight excluding hydrogens is 344 g/mol. The van der Waals surface area contributed by atoms with E-state index in [0.29, 0.717) is 24.5 Å². The lowest BCUT2D eigenvalue weighted by Gasteiger charge is -2.13. The molecule has 0 saturated heterocycles. The number of nitrogens with one attached hydrogen (secondary N) is 2. The summed E-state index contributed by atoms with van der Waals surface area (Å²) in [6.45, 7) is 2.33. The molecule has 8 heteroatoms. The standard InChI is InChI=1S/C17H18N2O5S/c1-2-23-13-7-9-14(10-8-13)25(21,22)19-18-17(20)16-11-12-5-3-4-6-15(12)24-16/h3-10,16,19H,2,11H2,1H3,(H,18,20)/t16-/m0/s1. The summed E-state index contributed by atoms with van der Waals surface area (Å²) in [5.41, 5.74) is 3.12. The molecule has 1 heterocycles. The maximum atomic E-state index is 12.2. The van der Waals surface area contributed by atoms with E-state index in [1.807, 2.05) is 25.1 Å². The van der Waals surface area contributed by atoms with Crippen LogP contribution >= 0.6 is 0 Å². The van der Waals surface area contributed by atoms with Crippen molar-refractivity contribution in [1.82, 2.24) is 10.3 Å². The zero-order valence-electron chi connectivity index (χ0n) is 13.6. The summed E-state index contributed by atoms with van der Waals surface area (Å²) < 4.78 is 35.3. The van der Waals surface area contributed by atoms with Gasteiger partial charge in [-0.25, -0.2) is 8.42 Å². The minimum atomic E-state index is -3.88. The van der Waals surface area contributed by atoms with Crippen molar-refractivity contribution >= 4 is 15.9 Å². The Bertz CT molecular complexity index is 840. The van der Waals surface area contributed by atoms with Crippen molar-refractivity contribution in [3.63, 3.8) is 0 Å². The third-order valence-corrected chi connectivity index (χ3v) is 4.96. The molecule has 0 spiro atoms. The van der Waals surface area contributed by atoms with E-state index in [0.717, 1.165) is 5.56 Å². The van der Waals surface area contributed by atoms with Gasteiger partial charge in [-0.05, 0) is 42.8 Å². The fraction of sp³-hybridized carbons (Fsp3) is 0.235. The van der Waals surface area contributed by atoms with Crippen molar-refractivity contribution in [3.8, 4) is 11.5 Å². The summed E-state index contributed by atoms with van der Waals surface area (Å²) in [6, 6.07) is 13.2. The van der Waals surface area contributed by atoms with E-state index in [-0.39, 0.29) is 4.90 Å². The molecule has 0 aliphatic carbocycles. The highest BCUT2D eigenvalue weighted by Crippen LogP contribution is 2.28. The van der Waals surface area contributed by atoms with Crippen molar-refractivity contribution in [1.29, 1.82) is 0 Å². The van der Waals surface area contributed by atoms with Gasteiger partial charge in [-0.3, -0.25) is 10.2 Å². The number of hydrogen-bond donors (Lipinski definition) is 2. The molecule has 0 fully saturated rings. The van der Waals surface area contributed by atoms with Gasteiger partial charge in [-0.15, -0.1) is 4.83 Å². The number of para-hydroxylation sites is 1.